The predicted octanol–water partition coefficient (Wildman–Crippen LogP) is 1.65. The van der Waals surface area contributed by atoms with Crippen LogP contribution in [0.25, 0.3) is 0 Å². The van der Waals surface area contributed by atoms with E-state index in [0.717, 1.165) is 32.8 Å². The average Bonchev–Trinajstić information content (AvgIpc) is 2.90. The monoisotopic (exact) mass is 238 g/mol. The Hall–Kier alpha value is -0.840. The molecule has 2 rings (SSSR count). The lowest BCUT2D eigenvalue weighted by Gasteiger charge is -2.32. The number of nitrogens with zero attached hydrogens (tertiary/aromatic N) is 1. The Labute approximate surface area is 103 Å². The van der Waals surface area contributed by atoms with E-state index in [2.05, 4.69) is 24.1 Å². The molecule has 1 saturated heterocycles. The molecule has 0 bridgehead atoms. The average molecular weight is 238 g/mol. The number of morpholine rings is 1. The summed E-state index contributed by atoms with van der Waals surface area (Å²) in [6.07, 6.45) is 3.80. The maximum Gasteiger partial charge on any atom is 0.0950 e. The first-order chi connectivity index (χ1) is 8.29. The molecule has 2 unspecified atom stereocenters. The van der Waals surface area contributed by atoms with Gasteiger partial charge in [-0.2, -0.15) is 0 Å². The second-order valence-corrected chi connectivity index (χ2v) is 4.57. The van der Waals surface area contributed by atoms with E-state index >= 15 is 0 Å². The van der Waals surface area contributed by atoms with Crippen LogP contribution in [0.4, 0.5) is 0 Å². The molecular formula is C13H22N2O2. The number of likely N-dealkylation sites (N-methyl/N-ethyl adjacent to an activating group) is 1. The molecule has 1 aliphatic heterocycles. The van der Waals surface area contributed by atoms with Crippen LogP contribution in [0.2, 0.25) is 0 Å². The minimum Gasteiger partial charge on any atom is -0.472 e. The Morgan fingerprint density at radius 2 is 2.47 bits per heavy atom. The summed E-state index contributed by atoms with van der Waals surface area (Å²) >= 11 is 0. The predicted molar refractivity (Wildman–Crippen MR) is 67.0 cm³/mol. The fourth-order valence-electron chi connectivity index (χ4n) is 2.14. The van der Waals surface area contributed by atoms with Gasteiger partial charge in [0, 0.05) is 31.2 Å². The molecule has 0 amide bonds. The molecule has 1 aromatic rings. The van der Waals surface area contributed by atoms with Crippen LogP contribution in [0.15, 0.2) is 23.0 Å². The van der Waals surface area contributed by atoms with Gasteiger partial charge in [-0.15, -0.1) is 0 Å². The largest absolute Gasteiger partial charge is 0.472 e. The number of furan rings is 1. The van der Waals surface area contributed by atoms with Crippen molar-refractivity contribution in [2.45, 2.75) is 26.0 Å². The van der Waals surface area contributed by atoms with Gasteiger partial charge in [0.2, 0.25) is 0 Å². The standard InChI is InChI=1S/C13H22N2O2/c1-3-15-5-7-17-13(9-15)8-14-11(2)12-4-6-16-10-12/h4,6,10-11,13-14H,3,5,7-9H2,1-2H3. The molecule has 1 N–H and O–H groups in total. The third kappa shape index (κ3) is 3.56. The molecule has 0 spiro atoms. The highest BCUT2D eigenvalue weighted by atomic mass is 16.5. The van der Waals surface area contributed by atoms with Crippen LogP contribution < -0.4 is 5.32 Å². The number of nitrogens with one attached hydrogen (secondary N) is 1. The van der Waals surface area contributed by atoms with Gasteiger partial charge in [0.15, 0.2) is 0 Å². The molecule has 0 radical (unpaired) electrons. The van der Waals surface area contributed by atoms with Crippen LogP contribution in [-0.4, -0.2) is 43.8 Å². The van der Waals surface area contributed by atoms with E-state index in [1.807, 2.05) is 6.07 Å². The summed E-state index contributed by atoms with van der Waals surface area (Å²) in [5.41, 5.74) is 1.19. The van der Waals surface area contributed by atoms with Gasteiger partial charge in [0.25, 0.3) is 0 Å². The van der Waals surface area contributed by atoms with Gasteiger partial charge in [-0.25, -0.2) is 0 Å². The van der Waals surface area contributed by atoms with Gasteiger partial charge in [-0.1, -0.05) is 6.92 Å². The number of hydrogen-bond donors (Lipinski definition) is 1. The topological polar surface area (TPSA) is 37.6 Å². The van der Waals surface area contributed by atoms with Crippen molar-refractivity contribution in [2.75, 3.05) is 32.8 Å². The van der Waals surface area contributed by atoms with Gasteiger partial charge in [-0.05, 0) is 19.5 Å². The summed E-state index contributed by atoms with van der Waals surface area (Å²) < 4.78 is 10.8. The van der Waals surface area contributed by atoms with E-state index in [1.165, 1.54) is 5.56 Å². The SMILES string of the molecule is CCN1CCOC(CNC(C)c2ccoc2)C1. The second kappa shape index (κ2) is 6.19. The van der Waals surface area contributed by atoms with Crippen molar-refractivity contribution in [3.05, 3.63) is 24.2 Å². The zero-order valence-corrected chi connectivity index (χ0v) is 10.7. The smallest absolute Gasteiger partial charge is 0.0950 e. The normalized spacial score (nSPS) is 23.8. The van der Waals surface area contributed by atoms with Gasteiger partial charge in [0.05, 0.1) is 25.2 Å². The Morgan fingerprint density at radius 3 is 3.18 bits per heavy atom. The fourth-order valence-corrected chi connectivity index (χ4v) is 2.14. The minimum absolute atomic E-state index is 0.304. The number of rotatable bonds is 5. The summed E-state index contributed by atoms with van der Waals surface area (Å²) in [6, 6.07) is 2.31. The Morgan fingerprint density at radius 1 is 1.59 bits per heavy atom. The van der Waals surface area contributed by atoms with Crippen LogP contribution in [0, 0.1) is 0 Å². The number of hydrogen-bond acceptors (Lipinski definition) is 4. The first-order valence-corrected chi connectivity index (χ1v) is 6.39. The lowest BCUT2D eigenvalue weighted by molar-refractivity contribution is -0.0262. The van der Waals surface area contributed by atoms with Gasteiger partial charge in [0.1, 0.15) is 0 Å². The van der Waals surface area contributed by atoms with Crippen molar-refractivity contribution in [3.8, 4) is 0 Å². The van der Waals surface area contributed by atoms with Gasteiger partial charge < -0.3 is 14.5 Å². The van der Waals surface area contributed by atoms with Crippen molar-refractivity contribution in [3.63, 3.8) is 0 Å². The van der Waals surface area contributed by atoms with Gasteiger partial charge >= 0.3 is 0 Å². The van der Waals surface area contributed by atoms with Crippen LogP contribution in [0.5, 0.6) is 0 Å². The third-order valence-corrected chi connectivity index (χ3v) is 3.37. The maximum atomic E-state index is 5.75. The summed E-state index contributed by atoms with van der Waals surface area (Å²) in [5.74, 6) is 0. The highest BCUT2D eigenvalue weighted by molar-refractivity contribution is 5.10. The van der Waals surface area contributed by atoms with Crippen LogP contribution >= 0.6 is 0 Å². The quantitative estimate of drug-likeness (QED) is 0.846. The van der Waals surface area contributed by atoms with Crippen molar-refractivity contribution in [1.82, 2.24) is 10.2 Å². The van der Waals surface area contributed by atoms with E-state index < -0.39 is 0 Å². The fraction of sp³-hybridized carbons (Fsp3) is 0.692. The first-order valence-electron chi connectivity index (χ1n) is 6.39. The third-order valence-electron chi connectivity index (χ3n) is 3.37. The maximum absolute atomic E-state index is 5.75. The molecule has 1 aromatic heterocycles. The molecule has 4 nitrogen and oxygen atoms in total. The molecule has 4 heteroatoms. The lowest BCUT2D eigenvalue weighted by atomic mass is 10.1. The van der Waals surface area contributed by atoms with E-state index in [-0.39, 0.29) is 0 Å². The Kier molecular flexibility index (Phi) is 4.59. The van der Waals surface area contributed by atoms with Crippen molar-refractivity contribution < 1.29 is 9.15 Å². The molecule has 1 fully saturated rings. The molecular weight excluding hydrogens is 216 g/mol. The van der Waals surface area contributed by atoms with Crippen molar-refractivity contribution in [1.29, 1.82) is 0 Å². The molecule has 17 heavy (non-hydrogen) atoms. The molecule has 96 valence electrons. The Balaban J connectivity index is 1.74. The van der Waals surface area contributed by atoms with Gasteiger partial charge in [-0.3, -0.25) is 4.90 Å². The van der Waals surface area contributed by atoms with Crippen LogP contribution in [0.3, 0.4) is 0 Å². The highest BCUT2D eigenvalue weighted by Gasteiger charge is 2.19. The van der Waals surface area contributed by atoms with Crippen LogP contribution in [0.1, 0.15) is 25.5 Å². The lowest BCUT2D eigenvalue weighted by Crippen LogP contribution is -2.46. The van der Waals surface area contributed by atoms with Crippen molar-refractivity contribution >= 4 is 0 Å². The molecule has 2 atom stereocenters. The summed E-state index contributed by atoms with van der Waals surface area (Å²) in [5, 5.41) is 3.49. The molecule has 2 heterocycles. The van der Waals surface area contributed by atoms with E-state index in [9.17, 15) is 0 Å². The van der Waals surface area contributed by atoms with E-state index in [1.54, 1.807) is 12.5 Å². The Bertz CT molecular complexity index is 313. The molecule has 1 aliphatic rings. The molecule has 0 aromatic carbocycles. The first kappa shape index (κ1) is 12.6. The van der Waals surface area contributed by atoms with E-state index in [4.69, 9.17) is 9.15 Å². The van der Waals surface area contributed by atoms with E-state index in [0.29, 0.717) is 12.1 Å². The molecule has 0 aliphatic carbocycles. The van der Waals surface area contributed by atoms with Crippen molar-refractivity contribution in [2.24, 2.45) is 0 Å². The zero-order valence-electron chi connectivity index (χ0n) is 10.7. The van der Waals surface area contributed by atoms with Crippen LogP contribution in [-0.2, 0) is 4.74 Å². The highest BCUT2D eigenvalue weighted by Crippen LogP contribution is 2.13. The number of ether oxygens (including phenoxy) is 1. The zero-order chi connectivity index (χ0) is 12.1. The summed E-state index contributed by atoms with van der Waals surface area (Å²) in [7, 11) is 0. The minimum atomic E-state index is 0.304. The summed E-state index contributed by atoms with van der Waals surface area (Å²) in [4.78, 5) is 2.43. The second-order valence-electron chi connectivity index (χ2n) is 4.57. The summed E-state index contributed by atoms with van der Waals surface area (Å²) in [6.45, 7) is 9.28. The molecule has 0 saturated carbocycles.